The average Bonchev–Trinajstić information content (AvgIpc) is 2.97. The first-order valence-corrected chi connectivity index (χ1v) is 6.37. The van der Waals surface area contributed by atoms with Crippen molar-refractivity contribution < 1.29 is 0 Å². The van der Waals surface area contributed by atoms with Gasteiger partial charge in [0.05, 0.1) is 11.0 Å². The van der Waals surface area contributed by atoms with Crippen molar-refractivity contribution in [2.24, 2.45) is 12.8 Å². The molecule has 1 aliphatic carbocycles. The normalized spacial score (nSPS) is 18.9. The fourth-order valence-corrected chi connectivity index (χ4v) is 3.09. The van der Waals surface area contributed by atoms with Gasteiger partial charge in [0, 0.05) is 31.4 Å². The van der Waals surface area contributed by atoms with Gasteiger partial charge in [-0.2, -0.15) is 0 Å². The predicted octanol–water partition coefficient (Wildman–Crippen LogP) is 2.34. The highest BCUT2D eigenvalue weighted by molar-refractivity contribution is 5.76. The van der Waals surface area contributed by atoms with E-state index in [2.05, 4.69) is 34.9 Å². The summed E-state index contributed by atoms with van der Waals surface area (Å²) in [5, 5.41) is 0. The van der Waals surface area contributed by atoms with Crippen molar-refractivity contribution in [2.75, 3.05) is 6.54 Å². The number of nitrogens with two attached hydrogens (primary N) is 1. The van der Waals surface area contributed by atoms with Gasteiger partial charge in [0.1, 0.15) is 0 Å². The second-order valence-electron chi connectivity index (χ2n) is 5.25. The second kappa shape index (κ2) is 3.84. The van der Waals surface area contributed by atoms with Gasteiger partial charge in [0.25, 0.3) is 0 Å². The summed E-state index contributed by atoms with van der Waals surface area (Å²) >= 11 is 0. The summed E-state index contributed by atoms with van der Waals surface area (Å²) in [6, 6.07) is 4.34. The summed E-state index contributed by atoms with van der Waals surface area (Å²) in [6.45, 7) is 0.741. The largest absolute Gasteiger partial charge is 0.349 e. The zero-order valence-corrected chi connectivity index (χ0v) is 10.3. The second-order valence-corrected chi connectivity index (χ2v) is 5.25. The van der Waals surface area contributed by atoms with Crippen LogP contribution in [0.2, 0.25) is 0 Å². The first-order valence-electron chi connectivity index (χ1n) is 6.37. The molecule has 0 aromatic carbocycles. The number of rotatable bonds is 2. The summed E-state index contributed by atoms with van der Waals surface area (Å²) < 4.78 is 2.13. The minimum Gasteiger partial charge on any atom is -0.349 e. The van der Waals surface area contributed by atoms with Crippen LogP contribution >= 0.6 is 0 Å². The van der Waals surface area contributed by atoms with Crippen molar-refractivity contribution in [1.29, 1.82) is 0 Å². The lowest BCUT2D eigenvalue weighted by molar-refractivity contribution is 0.452. The van der Waals surface area contributed by atoms with Crippen LogP contribution in [-0.2, 0) is 12.5 Å². The van der Waals surface area contributed by atoms with E-state index in [1.807, 2.05) is 6.20 Å². The number of aryl methyl sites for hydroxylation is 1. The van der Waals surface area contributed by atoms with E-state index in [-0.39, 0.29) is 5.41 Å². The zero-order chi connectivity index (χ0) is 11.9. The molecule has 0 radical (unpaired) electrons. The van der Waals surface area contributed by atoms with Crippen LogP contribution in [0, 0.1) is 0 Å². The fraction of sp³-hybridized carbons (Fsp3) is 0.500. The summed E-state index contributed by atoms with van der Waals surface area (Å²) in [4.78, 5) is 4.56. The summed E-state index contributed by atoms with van der Waals surface area (Å²) in [6.07, 6.45) is 9.10. The molecule has 3 rings (SSSR count). The number of pyridine rings is 1. The SMILES string of the molecule is Cn1ccc2ncc(C3(CN)CCCC3)cc21. The highest BCUT2D eigenvalue weighted by Crippen LogP contribution is 2.40. The molecule has 3 nitrogen and oxygen atoms in total. The van der Waals surface area contributed by atoms with Crippen molar-refractivity contribution in [3.63, 3.8) is 0 Å². The van der Waals surface area contributed by atoms with Crippen molar-refractivity contribution in [2.45, 2.75) is 31.1 Å². The smallest absolute Gasteiger partial charge is 0.0881 e. The van der Waals surface area contributed by atoms with Crippen LogP contribution in [0.4, 0.5) is 0 Å². The van der Waals surface area contributed by atoms with Crippen LogP contribution in [0.25, 0.3) is 11.0 Å². The third-order valence-corrected chi connectivity index (χ3v) is 4.30. The van der Waals surface area contributed by atoms with Gasteiger partial charge in [-0.25, -0.2) is 0 Å². The number of hydrogen-bond acceptors (Lipinski definition) is 2. The molecular formula is C14H19N3. The number of nitrogens with zero attached hydrogens (tertiary/aromatic N) is 2. The highest BCUT2D eigenvalue weighted by Gasteiger charge is 2.34. The first-order chi connectivity index (χ1) is 8.25. The monoisotopic (exact) mass is 229 g/mol. The maximum Gasteiger partial charge on any atom is 0.0881 e. The number of hydrogen-bond donors (Lipinski definition) is 1. The maximum atomic E-state index is 6.02. The molecule has 3 heteroatoms. The third-order valence-electron chi connectivity index (χ3n) is 4.30. The van der Waals surface area contributed by atoms with Crippen LogP contribution in [0.15, 0.2) is 24.5 Å². The lowest BCUT2D eigenvalue weighted by atomic mass is 9.80. The van der Waals surface area contributed by atoms with Gasteiger partial charge >= 0.3 is 0 Å². The lowest BCUT2D eigenvalue weighted by Gasteiger charge is -2.27. The zero-order valence-electron chi connectivity index (χ0n) is 10.3. The Labute approximate surface area is 102 Å². The molecule has 0 spiro atoms. The van der Waals surface area contributed by atoms with Gasteiger partial charge < -0.3 is 10.3 Å². The van der Waals surface area contributed by atoms with Gasteiger partial charge in [-0.15, -0.1) is 0 Å². The van der Waals surface area contributed by atoms with Gasteiger partial charge in [0.15, 0.2) is 0 Å². The molecule has 0 atom stereocenters. The summed E-state index contributed by atoms with van der Waals surface area (Å²) in [7, 11) is 2.07. The van der Waals surface area contributed by atoms with Gasteiger partial charge in [-0.3, -0.25) is 4.98 Å². The standard InChI is InChI=1S/C14H19N3/c1-17-7-4-12-13(17)8-11(9-16-12)14(10-15)5-2-3-6-14/h4,7-9H,2-3,5-6,10,15H2,1H3. The predicted molar refractivity (Wildman–Crippen MR) is 69.9 cm³/mol. The quantitative estimate of drug-likeness (QED) is 0.859. The molecule has 2 aromatic heterocycles. The Bertz CT molecular complexity index is 535. The molecule has 1 aliphatic rings. The Morgan fingerprint density at radius 3 is 2.88 bits per heavy atom. The maximum absolute atomic E-state index is 6.02. The molecule has 0 saturated heterocycles. The molecular weight excluding hydrogens is 210 g/mol. The fourth-order valence-electron chi connectivity index (χ4n) is 3.09. The van der Waals surface area contributed by atoms with Crippen LogP contribution in [-0.4, -0.2) is 16.1 Å². The molecule has 1 fully saturated rings. The van der Waals surface area contributed by atoms with E-state index in [4.69, 9.17) is 5.73 Å². The molecule has 1 saturated carbocycles. The summed E-state index contributed by atoms with van der Waals surface area (Å²) in [5.41, 5.74) is 9.82. The Morgan fingerprint density at radius 1 is 1.41 bits per heavy atom. The number of fused-ring (bicyclic) bond motifs is 1. The van der Waals surface area contributed by atoms with Crippen LogP contribution < -0.4 is 5.73 Å². The van der Waals surface area contributed by atoms with E-state index < -0.39 is 0 Å². The Kier molecular flexibility index (Phi) is 2.44. The van der Waals surface area contributed by atoms with Crippen LogP contribution in [0.5, 0.6) is 0 Å². The van der Waals surface area contributed by atoms with E-state index >= 15 is 0 Å². The van der Waals surface area contributed by atoms with Crippen LogP contribution in [0.3, 0.4) is 0 Å². The molecule has 0 amide bonds. The van der Waals surface area contributed by atoms with Gasteiger partial charge in [-0.05, 0) is 30.5 Å². The van der Waals surface area contributed by atoms with E-state index in [9.17, 15) is 0 Å². The van der Waals surface area contributed by atoms with Crippen molar-refractivity contribution in [1.82, 2.24) is 9.55 Å². The van der Waals surface area contributed by atoms with Gasteiger partial charge in [-0.1, -0.05) is 12.8 Å². The first kappa shape index (κ1) is 10.8. The van der Waals surface area contributed by atoms with E-state index in [1.54, 1.807) is 0 Å². The molecule has 0 bridgehead atoms. The molecule has 90 valence electrons. The molecule has 2 aromatic rings. The number of aromatic nitrogens is 2. The summed E-state index contributed by atoms with van der Waals surface area (Å²) in [5.74, 6) is 0. The Hall–Kier alpha value is -1.35. The molecule has 0 aliphatic heterocycles. The minimum atomic E-state index is 0.186. The minimum absolute atomic E-state index is 0.186. The topological polar surface area (TPSA) is 43.8 Å². The van der Waals surface area contributed by atoms with Gasteiger partial charge in [0.2, 0.25) is 0 Å². The highest BCUT2D eigenvalue weighted by atomic mass is 14.9. The Balaban J connectivity index is 2.13. The van der Waals surface area contributed by atoms with E-state index in [1.165, 1.54) is 36.8 Å². The van der Waals surface area contributed by atoms with E-state index in [0.29, 0.717) is 0 Å². The lowest BCUT2D eigenvalue weighted by Crippen LogP contribution is -2.32. The average molecular weight is 229 g/mol. The molecule has 2 N–H and O–H groups in total. The molecule has 17 heavy (non-hydrogen) atoms. The third kappa shape index (κ3) is 1.57. The molecule has 0 unspecified atom stereocenters. The van der Waals surface area contributed by atoms with E-state index in [0.717, 1.165) is 12.1 Å². The van der Waals surface area contributed by atoms with Crippen LogP contribution in [0.1, 0.15) is 31.2 Å². The van der Waals surface area contributed by atoms with Crippen molar-refractivity contribution >= 4 is 11.0 Å². The Morgan fingerprint density at radius 2 is 2.18 bits per heavy atom. The molecule has 2 heterocycles. The van der Waals surface area contributed by atoms with Crippen molar-refractivity contribution in [3.8, 4) is 0 Å². The van der Waals surface area contributed by atoms with Crippen molar-refractivity contribution in [3.05, 3.63) is 30.1 Å².